The molecule has 0 aromatic heterocycles. The molecule has 0 heterocycles. The summed E-state index contributed by atoms with van der Waals surface area (Å²) >= 11 is 1.48. The predicted molar refractivity (Wildman–Crippen MR) is 57.4 cm³/mol. The van der Waals surface area contributed by atoms with Crippen molar-refractivity contribution in [2.24, 2.45) is 0 Å². The lowest BCUT2D eigenvalue weighted by Crippen LogP contribution is -1.88. The first kappa shape index (κ1) is 12.5. The van der Waals surface area contributed by atoms with E-state index in [1.165, 1.54) is 31.0 Å². The Morgan fingerprint density at radius 3 is 2.62 bits per heavy atom. The quantitative estimate of drug-likeness (QED) is 0.361. The van der Waals surface area contributed by atoms with Crippen molar-refractivity contribution in [1.29, 1.82) is 0 Å². The topological polar surface area (TPSA) is 43.1 Å². The van der Waals surface area contributed by atoms with E-state index in [4.69, 9.17) is 0 Å². The van der Waals surface area contributed by atoms with Crippen molar-refractivity contribution >= 4 is 11.8 Å². The second-order valence-electron chi connectivity index (χ2n) is 2.90. The molecule has 0 radical (unpaired) electrons. The summed E-state index contributed by atoms with van der Waals surface area (Å²) in [5.74, 6) is 0. The number of unbranched alkanes of at least 4 members (excludes halogenated alkanes) is 3. The van der Waals surface area contributed by atoms with E-state index < -0.39 is 0 Å². The van der Waals surface area contributed by atoms with Crippen molar-refractivity contribution in [3.05, 3.63) is 21.2 Å². The average Bonchev–Trinajstić information content (AvgIpc) is 2.09. The molecule has 0 amide bonds. The maximum absolute atomic E-state index is 10.2. The van der Waals surface area contributed by atoms with Crippen LogP contribution in [0.1, 0.15) is 39.0 Å². The number of hydrogen-bond acceptors (Lipinski definition) is 3. The molecule has 0 atom stereocenters. The van der Waals surface area contributed by atoms with Gasteiger partial charge in [-0.2, -0.15) is 0 Å². The molecule has 4 heteroatoms. The van der Waals surface area contributed by atoms with Crippen molar-refractivity contribution in [2.45, 2.75) is 39.0 Å². The van der Waals surface area contributed by atoms with Gasteiger partial charge in [0.2, 0.25) is 6.20 Å². The fourth-order valence-electron chi connectivity index (χ4n) is 1.06. The summed E-state index contributed by atoms with van der Waals surface area (Å²) in [7, 11) is 0. The number of allylic oxidation sites excluding steroid dienone is 1. The summed E-state index contributed by atoms with van der Waals surface area (Å²) in [6.45, 7) is 2.16. The highest BCUT2D eigenvalue weighted by Crippen LogP contribution is 2.19. The first-order valence-electron chi connectivity index (χ1n) is 4.59. The number of nitro groups is 1. The van der Waals surface area contributed by atoms with Crippen LogP contribution in [-0.4, -0.2) is 11.2 Å². The summed E-state index contributed by atoms with van der Waals surface area (Å²) in [5.41, 5.74) is 0. The van der Waals surface area contributed by atoms with Gasteiger partial charge in [-0.3, -0.25) is 10.1 Å². The van der Waals surface area contributed by atoms with Gasteiger partial charge in [-0.1, -0.05) is 26.2 Å². The highest BCUT2D eigenvalue weighted by atomic mass is 32.2. The molecular weight excluding hydrogens is 186 g/mol. The van der Waals surface area contributed by atoms with Crippen LogP contribution in [0.2, 0.25) is 0 Å². The third-order valence-corrected chi connectivity index (χ3v) is 2.62. The third-order valence-electron chi connectivity index (χ3n) is 1.79. The SMILES string of the molecule is CCCCCC/C(=C\[N+](=O)[O-])SC. The Bertz CT molecular complexity index is 180. The van der Waals surface area contributed by atoms with E-state index in [2.05, 4.69) is 6.92 Å². The van der Waals surface area contributed by atoms with E-state index in [9.17, 15) is 10.1 Å². The average molecular weight is 203 g/mol. The molecule has 3 nitrogen and oxygen atoms in total. The fourth-order valence-corrected chi connectivity index (χ4v) is 1.60. The summed E-state index contributed by atoms with van der Waals surface area (Å²) < 4.78 is 0. The van der Waals surface area contributed by atoms with Gasteiger partial charge in [0.25, 0.3) is 0 Å². The summed E-state index contributed by atoms with van der Waals surface area (Å²) in [6, 6.07) is 0. The maximum atomic E-state index is 10.2. The van der Waals surface area contributed by atoms with Crippen molar-refractivity contribution in [1.82, 2.24) is 0 Å². The van der Waals surface area contributed by atoms with Gasteiger partial charge in [-0.05, 0) is 19.1 Å². The number of thioether (sulfide) groups is 1. The van der Waals surface area contributed by atoms with Gasteiger partial charge in [0.1, 0.15) is 0 Å². The Morgan fingerprint density at radius 2 is 2.15 bits per heavy atom. The molecule has 0 aliphatic rings. The summed E-state index contributed by atoms with van der Waals surface area (Å²) in [6.07, 6.45) is 8.52. The number of rotatable bonds is 7. The van der Waals surface area contributed by atoms with Crippen LogP contribution in [0, 0.1) is 10.1 Å². The maximum Gasteiger partial charge on any atom is 0.243 e. The minimum Gasteiger partial charge on any atom is -0.259 e. The predicted octanol–water partition coefficient (Wildman–Crippen LogP) is 3.44. The molecule has 76 valence electrons. The zero-order chi connectivity index (χ0) is 10.1. The lowest BCUT2D eigenvalue weighted by atomic mass is 10.1. The Balaban J connectivity index is 3.66. The number of hydrogen-bond donors (Lipinski definition) is 0. The molecule has 0 aromatic carbocycles. The Hall–Kier alpha value is -0.510. The third kappa shape index (κ3) is 7.84. The molecule has 0 bridgehead atoms. The van der Waals surface area contributed by atoms with Gasteiger partial charge < -0.3 is 0 Å². The minimum absolute atomic E-state index is 0.369. The largest absolute Gasteiger partial charge is 0.259 e. The second kappa shape index (κ2) is 8.10. The Morgan fingerprint density at radius 1 is 1.46 bits per heavy atom. The van der Waals surface area contributed by atoms with Crippen LogP contribution in [0.4, 0.5) is 0 Å². The van der Waals surface area contributed by atoms with Crippen molar-refractivity contribution in [3.8, 4) is 0 Å². The van der Waals surface area contributed by atoms with E-state index in [0.717, 1.165) is 23.9 Å². The van der Waals surface area contributed by atoms with Crippen LogP contribution >= 0.6 is 11.8 Å². The smallest absolute Gasteiger partial charge is 0.243 e. The van der Waals surface area contributed by atoms with Gasteiger partial charge in [-0.25, -0.2) is 0 Å². The van der Waals surface area contributed by atoms with Crippen LogP contribution in [0.25, 0.3) is 0 Å². The lowest BCUT2D eigenvalue weighted by Gasteiger charge is -1.99. The van der Waals surface area contributed by atoms with Gasteiger partial charge in [0.05, 0.1) is 9.83 Å². The molecule has 0 unspecified atom stereocenters. The van der Waals surface area contributed by atoms with Crippen LogP contribution in [0.15, 0.2) is 11.1 Å². The number of nitrogens with zero attached hydrogens (tertiary/aromatic N) is 1. The Kier molecular flexibility index (Phi) is 7.79. The molecule has 0 spiro atoms. The van der Waals surface area contributed by atoms with Gasteiger partial charge in [0, 0.05) is 0 Å². The van der Waals surface area contributed by atoms with Crippen LogP contribution in [0.3, 0.4) is 0 Å². The van der Waals surface area contributed by atoms with Crippen molar-refractivity contribution in [2.75, 3.05) is 6.26 Å². The zero-order valence-corrected chi connectivity index (χ0v) is 9.10. The highest BCUT2D eigenvalue weighted by molar-refractivity contribution is 8.02. The van der Waals surface area contributed by atoms with Gasteiger partial charge >= 0.3 is 0 Å². The lowest BCUT2D eigenvalue weighted by molar-refractivity contribution is -0.403. The standard InChI is InChI=1S/C9H17NO2S/c1-3-4-5-6-7-9(13-2)8-10(11)12/h8H,3-7H2,1-2H3/b9-8+. The van der Waals surface area contributed by atoms with E-state index >= 15 is 0 Å². The highest BCUT2D eigenvalue weighted by Gasteiger charge is 2.00. The van der Waals surface area contributed by atoms with Gasteiger partial charge in [-0.15, -0.1) is 11.8 Å². The van der Waals surface area contributed by atoms with E-state index in [1.54, 1.807) is 0 Å². The molecule has 13 heavy (non-hydrogen) atoms. The first-order valence-corrected chi connectivity index (χ1v) is 5.81. The van der Waals surface area contributed by atoms with Crippen molar-refractivity contribution < 1.29 is 4.92 Å². The normalized spacial score (nSPS) is 11.7. The van der Waals surface area contributed by atoms with Gasteiger partial charge in [0.15, 0.2) is 0 Å². The fraction of sp³-hybridized carbons (Fsp3) is 0.778. The monoisotopic (exact) mass is 203 g/mol. The van der Waals surface area contributed by atoms with E-state index in [-0.39, 0.29) is 4.92 Å². The zero-order valence-electron chi connectivity index (χ0n) is 8.28. The van der Waals surface area contributed by atoms with Crippen LogP contribution < -0.4 is 0 Å². The molecule has 0 N–H and O–H groups in total. The second-order valence-corrected chi connectivity index (χ2v) is 3.83. The first-order chi connectivity index (χ1) is 6.20. The molecule has 0 fully saturated rings. The molecule has 0 rings (SSSR count). The van der Waals surface area contributed by atoms with Crippen LogP contribution in [-0.2, 0) is 0 Å². The molecule has 0 saturated carbocycles. The molecule has 0 aliphatic heterocycles. The molecule has 0 aliphatic carbocycles. The molecule has 0 aromatic rings. The van der Waals surface area contributed by atoms with Crippen molar-refractivity contribution in [3.63, 3.8) is 0 Å². The Labute approximate surface area is 83.7 Å². The molecule has 0 saturated heterocycles. The minimum atomic E-state index is -0.369. The molecular formula is C9H17NO2S. The van der Waals surface area contributed by atoms with E-state index in [1.807, 2.05) is 6.26 Å². The summed E-state index contributed by atoms with van der Waals surface area (Å²) in [5, 5.41) is 10.2. The van der Waals surface area contributed by atoms with E-state index in [0.29, 0.717) is 0 Å². The van der Waals surface area contributed by atoms with Crippen LogP contribution in [0.5, 0.6) is 0 Å². The summed E-state index contributed by atoms with van der Waals surface area (Å²) in [4.78, 5) is 10.7.